The lowest BCUT2D eigenvalue weighted by Crippen LogP contribution is -2.48. The van der Waals surface area contributed by atoms with Crippen LogP contribution in [0.4, 0.5) is 0 Å². The van der Waals surface area contributed by atoms with E-state index in [1.54, 1.807) is 16.4 Å². The second-order valence-electron chi connectivity index (χ2n) is 6.37. The van der Waals surface area contributed by atoms with E-state index in [-0.39, 0.29) is 0 Å². The molecule has 0 radical (unpaired) electrons. The summed E-state index contributed by atoms with van der Waals surface area (Å²) in [5, 5.41) is 0. The fourth-order valence-electron chi connectivity index (χ4n) is 3.14. The van der Waals surface area contributed by atoms with Crippen LogP contribution in [-0.2, 0) is 16.6 Å². The molecule has 0 bridgehead atoms. The highest BCUT2D eigenvalue weighted by Crippen LogP contribution is 2.21. The van der Waals surface area contributed by atoms with Crippen LogP contribution in [0.5, 0.6) is 0 Å². The summed E-state index contributed by atoms with van der Waals surface area (Å²) in [5.41, 5.74) is 3.40. The van der Waals surface area contributed by atoms with Gasteiger partial charge >= 0.3 is 0 Å². The molecule has 0 aromatic heterocycles. The number of piperazine rings is 1. The van der Waals surface area contributed by atoms with Gasteiger partial charge < -0.3 is 0 Å². The molecule has 0 unspecified atom stereocenters. The zero-order valence-electron chi connectivity index (χ0n) is 14.3. The van der Waals surface area contributed by atoms with Crippen molar-refractivity contribution in [1.29, 1.82) is 0 Å². The Balaban J connectivity index is 1.67. The smallest absolute Gasteiger partial charge is 0.243 e. The number of nitrogens with zero attached hydrogens (tertiary/aromatic N) is 2. The second-order valence-corrected chi connectivity index (χ2v) is 8.28. The Morgan fingerprint density at radius 2 is 1.42 bits per heavy atom. The zero-order chi connectivity index (χ0) is 17.2. The molecule has 5 heteroatoms. The Bertz CT molecular complexity index is 810. The molecule has 1 aliphatic heterocycles. The summed E-state index contributed by atoms with van der Waals surface area (Å²) < 4.78 is 27.3. The van der Waals surface area contributed by atoms with E-state index in [0.29, 0.717) is 18.0 Å². The molecule has 0 spiro atoms. The Morgan fingerprint density at radius 3 is 2.04 bits per heavy atom. The molecule has 4 nitrogen and oxygen atoms in total. The van der Waals surface area contributed by atoms with Gasteiger partial charge in [0.1, 0.15) is 0 Å². The summed E-state index contributed by atoms with van der Waals surface area (Å²) in [6, 6.07) is 15.6. The van der Waals surface area contributed by atoms with Crippen molar-refractivity contribution in [2.24, 2.45) is 0 Å². The Labute approximate surface area is 144 Å². The molecule has 0 atom stereocenters. The molecule has 3 rings (SSSR count). The lowest BCUT2D eigenvalue weighted by molar-refractivity contribution is 0.181. The molecular weight excluding hydrogens is 320 g/mol. The lowest BCUT2D eigenvalue weighted by atomic mass is 10.1. The normalized spacial score (nSPS) is 17.1. The van der Waals surface area contributed by atoms with Crippen LogP contribution in [0.3, 0.4) is 0 Å². The SMILES string of the molecule is Cc1ccccc1CN1CCN(S(=O)(=O)c2ccccc2C)CC1. The summed E-state index contributed by atoms with van der Waals surface area (Å²) in [6.07, 6.45) is 0. The van der Waals surface area contributed by atoms with E-state index in [4.69, 9.17) is 0 Å². The van der Waals surface area contributed by atoms with Gasteiger partial charge in [-0.25, -0.2) is 8.42 Å². The molecule has 1 fully saturated rings. The molecule has 1 heterocycles. The Morgan fingerprint density at radius 1 is 0.833 bits per heavy atom. The van der Waals surface area contributed by atoms with E-state index < -0.39 is 10.0 Å². The predicted octanol–water partition coefficient (Wildman–Crippen LogP) is 2.81. The van der Waals surface area contributed by atoms with Crippen molar-refractivity contribution in [2.75, 3.05) is 26.2 Å². The van der Waals surface area contributed by atoms with Gasteiger partial charge in [0.25, 0.3) is 0 Å². The van der Waals surface area contributed by atoms with Crippen molar-refractivity contribution < 1.29 is 8.42 Å². The lowest BCUT2D eigenvalue weighted by Gasteiger charge is -2.34. The maximum atomic E-state index is 12.8. The summed E-state index contributed by atoms with van der Waals surface area (Å²) in [6.45, 7) is 7.46. The van der Waals surface area contributed by atoms with Gasteiger partial charge in [0.2, 0.25) is 10.0 Å². The highest BCUT2D eigenvalue weighted by Gasteiger charge is 2.29. The first-order chi connectivity index (χ1) is 11.5. The van der Waals surface area contributed by atoms with Crippen molar-refractivity contribution in [3.8, 4) is 0 Å². The quantitative estimate of drug-likeness (QED) is 0.856. The third kappa shape index (κ3) is 3.53. The fourth-order valence-corrected chi connectivity index (χ4v) is 4.79. The third-order valence-electron chi connectivity index (χ3n) is 4.70. The minimum absolute atomic E-state index is 0.428. The van der Waals surface area contributed by atoms with E-state index in [1.165, 1.54) is 11.1 Å². The second kappa shape index (κ2) is 7.05. The van der Waals surface area contributed by atoms with Gasteiger partial charge in [0, 0.05) is 32.7 Å². The van der Waals surface area contributed by atoms with Crippen LogP contribution in [0.25, 0.3) is 0 Å². The molecule has 2 aromatic carbocycles. The number of benzene rings is 2. The molecule has 24 heavy (non-hydrogen) atoms. The molecule has 1 saturated heterocycles. The fraction of sp³-hybridized carbons (Fsp3) is 0.368. The Kier molecular flexibility index (Phi) is 5.04. The number of hydrogen-bond donors (Lipinski definition) is 0. The first-order valence-electron chi connectivity index (χ1n) is 8.31. The zero-order valence-corrected chi connectivity index (χ0v) is 15.1. The highest BCUT2D eigenvalue weighted by molar-refractivity contribution is 7.89. The molecule has 1 aliphatic rings. The van der Waals surface area contributed by atoms with Gasteiger partial charge in [-0.15, -0.1) is 0 Å². The highest BCUT2D eigenvalue weighted by atomic mass is 32.2. The van der Waals surface area contributed by atoms with Gasteiger partial charge in [-0.2, -0.15) is 4.31 Å². The molecule has 0 amide bonds. The molecule has 2 aromatic rings. The monoisotopic (exact) mass is 344 g/mol. The molecular formula is C19H24N2O2S. The van der Waals surface area contributed by atoms with Crippen LogP contribution in [0.2, 0.25) is 0 Å². The van der Waals surface area contributed by atoms with Crippen molar-refractivity contribution in [3.63, 3.8) is 0 Å². The molecule has 128 valence electrons. The standard InChI is InChI=1S/C19H24N2O2S/c1-16-7-3-5-9-18(16)15-20-11-13-21(14-12-20)24(22,23)19-10-6-4-8-17(19)2/h3-10H,11-15H2,1-2H3. The van der Waals surface area contributed by atoms with Gasteiger partial charge in [-0.3, -0.25) is 4.90 Å². The maximum Gasteiger partial charge on any atom is 0.243 e. The number of sulfonamides is 1. The summed E-state index contributed by atoms with van der Waals surface area (Å²) in [7, 11) is -3.39. The van der Waals surface area contributed by atoms with E-state index in [2.05, 4.69) is 30.0 Å². The number of hydrogen-bond acceptors (Lipinski definition) is 3. The van der Waals surface area contributed by atoms with Crippen LogP contribution < -0.4 is 0 Å². The van der Waals surface area contributed by atoms with Crippen molar-refractivity contribution in [2.45, 2.75) is 25.3 Å². The number of aryl methyl sites for hydroxylation is 2. The van der Waals surface area contributed by atoms with Crippen molar-refractivity contribution >= 4 is 10.0 Å². The number of rotatable bonds is 4. The summed E-state index contributed by atoms with van der Waals surface area (Å²) in [5.74, 6) is 0. The van der Waals surface area contributed by atoms with Gasteiger partial charge in [-0.05, 0) is 36.6 Å². The van der Waals surface area contributed by atoms with Crippen LogP contribution in [0.15, 0.2) is 53.4 Å². The minimum atomic E-state index is -3.39. The summed E-state index contributed by atoms with van der Waals surface area (Å²) in [4.78, 5) is 2.75. The van der Waals surface area contributed by atoms with E-state index >= 15 is 0 Å². The van der Waals surface area contributed by atoms with E-state index in [1.807, 2.05) is 25.1 Å². The van der Waals surface area contributed by atoms with Crippen LogP contribution in [0.1, 0.15) is 16.7 Å². The topological polar surface area (TPSA) is 40.6 Å². The van der Waals surface area contributed by atoms with Crippen LogP contribution in [-0.4, -0.2) is 43.8 Å². The van der Waals surface area contributed by atoms with Gasteiger partial charge in [-0.1, -0.05) is 42.5 Å². The van der Waals surface area contributed by atoms with Gasteiger partial charge in [0.15, 0.2) is 0 Å². The molecule has 0 saturated carbocycles. The first kappa shape index (κ1) is 17.1. The predicted molar refractivity (Wildman–Crippen MR) is 96.4 cm³/mol. The first-order valence-corrected chi connectivity index (χ1v) is 9.75. The van der Waals surface area contributed by atoms with E-state index in [9.17, 15) is 8.42 Å². The molecule has 0 aliphatic carbocycles. The van der Waals surface area contributed by atoms with Crippen LogP contribution in [0, 0.1) is 13.8 Å². The average Bonchev–Trinajstić information content (AvgIpc) is 2.58. The Hall–Kier alpha value is -1.69. The largest absolute Gasteiger partial charge is 0.296 e. The molecule has 0 N–H and O–H groups in total. The van der Waals surface area contributed by atoms with Gasteiger partial charge in [0.05, 0.1) is 4.90 Å². The summed E-state index contributed by atoms with van der Waals surface area (Å²) >= 11 is 0. The van der Waals surface area contributed by atoms with E-state index in [0.717, 1.165) is 25.2 Å². The third-order valence-corrected chi connectivity index (χ3v) is 6.76. The van der Waals surface area contributed by atoms with Crippen molar-refractivity contribution in [3.05, 3.63) is 65.2 Å². The van der Waals surface area contributed by atoms with Crippen molar-refractivity contribution in [1.82, 2.24) is 9.21 Å². The maximum absolute atomic E-state index is 12.8. The average molecular weight is 344 g/mol. The van der Waals surface area contributed by atoms with Crippen LogP contribution >= 0.6 is 0 Å². The minimum Gasteiger partial charge on any atom is -0.296 e.